The maximum Gasteiger partial charge on any atom is 0.191 e. The molecule has 0 spiro atoms. The third-order valence-electron chi connectivity index (χ3n) is 4.86. The highest BCUT2D eigenvalue weighted by Crippen LogP contribution is 2.38. The molecule has 1 aliphatic carbocycles. The first kappa shape index (κ1) is 13.8. The van der Waals surface area contributed by atoms with Gasteiger partial charge < -0.3 is 10.4 Å². The van der Waals surface area contributed by atoms with Gasteiger partial charge in [0.2, 0.25) is 0 Å². The number of aliphatic hydroxyl groups is 1. The van der Waals surface area contributed by atoms with Gasteiger partial charge in [-0.1, -0.05) is 25.1 Å². The van der Waals surface area contributed by atoms with Crippen LogP contribution in [0.3, 0.4) is 0 Å². The van der Waals surface area contributed by atoms with E-state index in [4.69, 9.17) is 0 Å². The van der Waals surface area contributed by atoms with Gasteiger partial charge in [-0.05, 0) is 55.7 Å². The molecule has 1 unspecified atom stereocenters. The van der Waals surface area contributed by atoms with Gasteiger partial charge >= 0.3 is 0 Å². The lowest BCUT2D eigenvalue weighted by Gasteiger charge is -2.38. The maximum absolute atomic E-state index is 12.3. The Morgan fingerprint density at radius 2 is 2.30 bits per heavy atom. The van der Waals surface area contributed by atoms with E-state index >= 15 is 0 Å². The maximum atomic E-state index is 12.3. The van der Waals surface area contributed by atoms with Gasteiger partial charge in [0, 0.05) is 11.6 Å². The number of piperidine rings is 1. The fraction of sp³-hybridized carbons (Fsp3) is 0.588. The lowest BCUT2D eigenvalue weighted by Crippen LogP contribution is -2.43. The van der Waals surface area contributed by atoms with Crippen LogP contribution in [-0.2, 0) is 6.42 Å². The van der Waals surface area contributed by atoms with Crippen LogP contribution in [0, 0.1) is 0 Å². The van der Waals surface area contributed by atoms with Crippen LogP contribution in [0.5, 0.6) is 0 Å². The van der Waals surface area contributed by atoms with Crippen LogP contribution in [-0.4, -0.2) is 29.6 Å². The second kappa shape index (κ2) is 5.66. The summed E-state index contributed by atoms with van der Waals surface area (Å²) < 4.78 is 0. The largest absolute Gasteiger partial charge is 0.385 e. The smallest absolute Gasteiger partial charge is 0.191 e. The molecular formula is C17H23NO2. The van der Waals surface area contributed by atoms with Gasteiger partial charge in [-0.3, -0.25) is 4.79 Å². The number of carbonyl (C=O) groups is 1. The Morgan fingerprint density at radius 3 is 3.10 bits per heavy atom. The molecule has 0 amide bonds. The van der Waals surface area contributed by atoms with Gasteiger partial charge in [-0.15, -0.1) is 0 Å². The third kappa shape index (κ3) is 2.29. The standard InChI is InChI=1S/C17H23NO2/c1-2-16(19)17(20)14-6-3-5-11-12(14)8-9-15-13(11)7-4-10-18-15/h3,5-6,13,15-16,18-19H,2,4,7-10H2,1H3/t13-,15-,16?/m1/s1. The van der Waals surface area contributed by atoms with Gasteiger partial charge in [0.1, 0.15) is 6.10 Å². The van der Waals surface area contributed by atoms with Crippen molar-refractivity contribution in [2.45, 2.75) is 57.1 Å². The second-order valence-electron chi connectivity index (χ2n) is 6.01. The molecule has 3 rings (SSSR count). The van der Waals surface area contributed by atoms with Crippen molar-refractivity contribution in [1.82, 2.24) is 5.32 Å². The van der Waals surface area contributed by atoms with Crippen molar-refractivity contribution in [3.63, 3.8) is 0 Å². The van der Waals surface area contributed by atoms with Crippen molar-refractivity contribution < 1.29 is 9.90 Å². The van der Waals surface area contributed by atoms with Crippen LogP contribution in [0.2, 0.25) is 0 Å². The predicted molar refractivity (Wildman–Crippen MR) is 79.2 cm³/mol. The van der Waals surface area contributed by atoms with Crippen molar-refractivity contribution in [1.29, 1.82) is 0 Å². The Balaban J connectivity index is 1.98. The number of rotatable bonds is 3. The topological polar surface area (TPSA) is 49.3 Å². The molecule has 20 heavy (non-hydrogen) atoms. The Morgan fingerprint density at radius 1 is 1.45 bits per heavy atom. The number of ketones is 1. The first-order chi connectivity index (χ1) is 9.72. The zero-order valence-corrected chi connectivity index (χ0v) is 12.1. The first-order valence-corrected chi connectivity index (χ1v) is 7.79. The van der Waals surface area contributed by atoms with E-state index in [-0.39, 0.29) is 5.78 Å². The average molecular weight is 273 g/mol. The van der Waals surface area contributed by atoms with Crippen LogP contribution < -0.4 is 5.32 Å². The summed E-state index contributed by atoms with van der Waals surface area (Å²) in [5, 5.41) is 13.5. The second-order valence-corrected chi connectivity index (χ2v) is 6.01. The highest BCUT2D eigenvalue weighted by atomic mass is 16.3. The molecule has 2 aliphatic rings. The summed E-state index contributed by atoms with van der Waals surface area (Å²) in [4.78, 5) is 12.3. The molecule has 0 saturated carbocycles. The number of nitrogens with one attached hydrogen (secondary N) is 1. The van der Waals surface area contributed by atoms with Crippen molar-refractivity contribution in [3.05, 3.63) is 34.9 Å². The van der Waals surface area contributed by atoms with Crippen molar-refractivity contribution in [2.24, 2.45) is 0 Å². The molecule has 2 N–H and O–H groups in total. The lowest BCUT2D eigenvalue weighted by molar-refractivity contribution is 0.0739. The molecule has 0 aromatic heterocycles. The van der Waals surface area contributed by atoms with Gasteiger partial charge in [-0.25, -0.2) is 0 Å². The Labute approximate surface area is 120 Å². The van der Waals surface area contributed by atoms with E-state index in [9.17, 15) is 9.90 Å². The molecule has 0 bridgehead atoms. The molecule has 3 atom stereocenters. The van der Waals surface area contributed by atoms with E-state index in [2.05, 4.69) is 11.4 Å². The number of aliphatic hydroxyl groups excluding tert-OH is 1. The number of fused-ring (bicyclic) bond motifs is 3. The van der Waals surface area contributed by atoms with E-state index in [1.807, 2.05) is 19.1 Å². The minimum Gasteiger partial charge on any atom is -0.385 e. The van der Waals surface area contributed by atoms with Crippen molar-refractivity contribution >= 4 is 5.78 Å². The summed E-state index contributed by atoms with van der Waals surface area (Å²) in [7, 11) is 0. The van der Waals surface area contributed by atoms with Crippen molar-refractivity contribution in [3.8, 4) is 0 Å². The summed E-state index contributed by atoms with van der Waals surface area (Å²) in [6.45, 7) is 2.96. The number of hydrogen-bond donors (Lipinski definition) is 2. The van der Waals surface area contributed by atoms with Crippen molar-refractivity contribution in [2.75, 3.05) is 6.54 Å². The summed E-state index contributed by atoms with van der Waals surface area (Å²) in [5.41, 5.74) is 3.28. The first-order valence-electron chi connectivity index (χ1n) is 7.79. The zero-order valence-electron chi connectivity index (χ0n) is 12.1. The normalized spacial score (nSPS) is 26.5. The molecule has 1 heterocycles. The molecule has 3 heteroatoms. The van der Waals surface area contributed by atoms with Gasteiger partial charge in [-0.2, -0.15) is 0 Å². The van der Waals surface area contributed by atoms with E-state index in [1.54, 1.807) is 0 Å². The Kier molecular flexibility index (Phi) is 3.90. The summed E-state index contributed by atoms with van der Waals surface area (Å²) in [6.07, 6.45) is 4.08. The number of Topliss-reactive ketones (excluding diaryl/α,β-unsaturated/α-hetero) is 1. The van der Waals surface area contributed by atoms with Crippen LogP contribution in [0.15, 0.2) is 18.2 Å². The highest BCUT2D eigenvalue weighted by molar-refractivity contribution is 6.00. The van der Waals surface area contributed by atoms with Crippen LogP contribution in [0.4, 0.5) is 0 Å². The molecule has 1 aliphatic heterocycles. The third-order valence-corrected chi connectivity index (χ3v) is 4.86. The molecule has 1 fully saturated rings. The molecule has 3 nitrogen and oxygen atoms in total. The number of hydrogen-bond acceptors (Lipinski definition) is 3. The number of carbonyl (C=O) groups excluding carboxylic acids is 1. The van der Waals surface area contributed by atoms with Gasteiger partial charge in [0.15, 0.2) is 5.78 Å². The molecular weight excluding hydrogens is 250 g/mol. The van der Waals surface area contributed by atoms with Crippen LogP contribution in [0.1, 0.15) is 60.0 Å². The highest BCUT2D eigenvalue weighted by Gasteiger charge is 2.33. The molecule has 108 valence electrons. The van der Waals surface area contributed by atoms with E-state index < -0.39 is 6.10 Å². The fourth-order valence-electron chi connectivity index (χ4n) is 3.76. The summed E-state index contributed by atoms with van der Waals surface area (Å²) in [6, 6.07) is 6.61. The number of benzene rings is 1. The quantitative estimate of drug-likeness (QED) is 0.832. The molecule has 1 saturated heterocycles. The van der Waals surface area contributed by atoms with Crippen LogP contribution in [0.25, 0.3) is 0 Å². The fourth-order valence-corrected chi connectivity index (χ4v) is 3.76. The van der Waals surface area contributed by atoms with Gasteiger partial charge in [0.25, 0.3) is 0 Å². The Bertz CT molecular complexity index is 512. The minimum atomic E-state index is -0.858. The van der Waals surface area contributed by atoms with E-state index in [1.165, 1.54) is 24.0 Å². The summed E-state index contributed by atoms with van der Waals surface area (Å²) >= 11 is 0. The molecule has 0 radical (unpaired) electrons. The minimum absolute atomic E-state index is 0.105. The monoisotopic (exact) mass is 273 g/mol. The lowest BCUT2D eigenvalue weighted by atomic mass is 9.73. The summed E-state index contributed by atoms with van der Waals surface area (Å²) in [5.74, 6) is 0.436. The zero-order chi connectivity index (χ0) is 14.1. The Hall–Kier alpha value is -1.19. The van der Waals surface area contributed by atoms with E-state index in [0.29, 0.717) is 18.4 Å². The average Bonchev–Trinajstić information content (AvgIpc) is 2.52. The van der Waals surface area contributed by atoms with Gasteiger partial charge in [0.05, 0.1) is 0 Å². The molecule has 1 aromatic carbocycles. The molecule has 1 aromatic rings. The predicted octanol–water partition coefficient (Wildman–Crippen LogP) is 2.42. The SMILES string of the molecule is CCC(O)C(=O)c1cccc2c1CC[C@H]1NCCC[C@H]21. The van der Waals surface area contributed by atoms with E-state index in [0.717, 1.165) is 24.9 Å². The van der Waals surface area contributed by atoms with Crippen LogP contribution >= 0.6 is 0 Å².